The van der Waals surface area contributed by atoms with Crippen LogP contribution in [-0.2, 0) is 0 Å². The van der Waals surface area contributed by atoms with Crippen LogP contribution in [-0.4, -0.2) is 0 Å². The molecule has 0 fully saturated rings. The Morgan fingerprint density at radius 3 is 1.51 bits per heavy atom. The second kappa shape index (κ2) is 9.05. The lowest BCUT2D eigenvalue weighted by molar-refractivity contribution is 1.29. The minimum atomic E-state index is 1.16. The fourth-order valence-electron chi connectivity index (χ4n) is 7.34. The van der Waals surface area contributed by atoms with E-state index in [0.717, 1.165) is 11.4 Å². The number of aryl methyl sites for hydroxylation is 2. The van der Waals surface area contributed by atoms with E-state index in [1.807, 2.05) is 0 Å². The standard InChI is InChI=1S/C42H29N/c1-26-17-21-30(22-18-26)43(31-23-19-27(2)20-24-31)42-34-13-6-5-12-33(34)40-35-14-7-10-29-25-28-9-3-4-11-32(28)39(38(29)35)36-15-8-16-37(42)41(36)40/h3-25H,1-2H3. The Morgan fingerprint density at radius 1 is 0.349 bits per heavy atom. The van der Waals surface area contributed by atoms with Crippen LogP contribution < -0.4 is 4.90 Å². The van der Waals surface area contributed by atoms with Gasteiger partial charge in [-0.2, -0.15) is 0 Å². The summed E-state index contributed by atoms with van der Waals surface area (Å²) in [7, 11) is 0. The molecule has 1 nitrogen and oxygen atoms in total. The molecule has 0 bridgehead atoms. The Morgan fingerprint density at radius 2 is 0.814 bits per heavy atom. The van der Waals surface area contributed by atoms with E-state index in [4.69, 9.17) is 0 Å². The quantitative estimate of drug-likeness (QED) is 0.157. The Kier molecular flexibility index (Phi) is 5.10. The Balaban J connectivity index is 1.55. The molecule has 0 aliphatic rings. The molecule has 0 aliphatic carbocycles. The Bertz CT molecular complexity index is 2460. The number of anilines is 3. The lowest BCUT2D eigenvalue weighted by atomic mass is 9.84. The van der Waals surface area contributed by atoms with Crippen molar-refractivity contribution in [3.63, 3.8) is 0 Å². The molecule has 0 aromatic heterocycles. The van der Waals surface area contributed by atoms with Crippen LogP contribution >= 0.6 is 0 Å². The zero-order chi connectivity index (χ0) is 28.7. The fourth-order valence-corrected chi connectivity index (χ4v) is 7.34. The van der Waals surface area contributed by atoms with Gasteiger partial charge in [0.25, 0.3) is 0 Å². The predicted octanol–water partition coefficient (Wildman–Crippen LogP) is 12.1. The van der Waals surface area contributed by atoms with Crippen molar-refractivity contribution in [2.24, 2.45) is 0 Å². The summed E-state index contributed by atoms with van der Waals surface area (Å²) in [5.74, 6) is 0. The molecular formula is C42H29N. The molecule has 1 heteroatoms. The van der Waals surface area contributed by atoms with Gasteiger partial charge in [0.2, 0.25) is 0 Å². The minimum Gasteiger partial charge on any atom is -0.309 e. The van der Waals surface area contributed by atoms with Gasteiger partial charge in [-0.25, -0.2) is 0 Å². The molecule has 9 aromatic carbocycles. The Labute approximate surface area is 250 Å². The Hall–Kier alpha value is -5.40. The molecule has 0 N–H and O–H groups in total. The summed E-state index contributed by atoms with van der Waals surface area (Å²) in [6.45, 7) is 4.31. The molecule has 43 heavy (non-hydrogen) atoms. The first-order valence-electron chi connectivity index (χ1n) is 15.0. The highest BCUT2D eigenvalue weighted by Crippen LogP contribution is 2.51. The van der Waals surface area contributed by atoms with Gasteiger partial charge in [0.05, 0.1) is 5.69 Å². The number of nitrogens with zero attached hydrogens (tertiary/aromatic N) is 1. The summed E-state index contributed by atoms with van der Waals surface area (Å²) in [4.78, 5) is 2.46. The summed E-state index contributed by atoms with van der Waals surface area (Å²) in [5.41, 5.74) is 6.05. The van der Waals surface area contributed by atoms with Crippen LogP contribution in [0.15, 0.2) is 140 Å². The highest BCUT2D eigenvalue weighted by atomic mass is 15.1. The van der Waals surface area contributed by atoms with Gasteiger partial charge in [0, 0.05) is 27.5 Å². The van der Waals surface area contributed by atoms with Crippen LogP contribution in [0.1, 0.15) is 11.1 Å². The lowest BCUT2D eigenvalue weighted by Gasteiger charge is -2.30. The van der Waals surface area contributed by atoms with Crippen molar-refractivity contribution in [3.05, 3.63) is 151 Å². The van der Waals surface area contributed by atoms with Crippen molar-refractivity contribution in [1.29, 1.82) is 0 Å². The molecule has 0 atom stereocenters. The number of fused-ring (bicyclic) bond motifs is 6. The molecule has 0 heterocycles. The van der Waals surface area contributed by atoms with Crippen molar-refractivity contribution in [1.82, 2.24) is 0 Å². The van der Waals surface area contributed by atoms with Crippen molar-refractivity contribution in [2.75, 3.05) is 4.90 Å². The first kappa shape index (κ1) is 24.2. The van der Waals surface area contributed by atoms with Gasteiger partial charge in [0.15, 0.2) is 0 Å². The van der Waals surface area contributed by atoms with E-state index >= 15 is 0 Å². The zero-order valence-corrected chi connectivity index (χ0v) is 24.2. The normalized spacial score (nSPS) is 12.0. The van der Waals surface area contributed by atoms with Crippen LogP contribution in [0.2, 0.25) is 0 Å². The average molecular weight is 548 g/mol. The molecular weight excluding hydrogens is 518 g/mol. The monoisotopic (exact) mass is 547 g/mol. The molecule has 0 aliphatic heterocycles. The van der Waals surface area contributed by atoms with Gasteiger partial charge >= 0.3 is 0 Å². The molecule has 0 saturated heterocycles. The predicted molar refractivity (Wildman–Crippen MR) is 187 cm³/mol. The first-order valence-corrected chi connectivity index (χ1v) is 15.0. The van der Waals surface area contributed by atoms with E-state index in [9.17, 15) is 0 Å². The maximum absolute atomic E-state index is 2.46. The van der Waals surface area contributed by atoms with Crippen LogP contribution in [0, 0.1) is 13.8 Å². The largest absolute Gasteiger partial charge is 0.309 e. The van der Waals surface area contributed by atoms with E-state index in [0.29, 0.717) is 0 Å². The minimum absolute atomic E-state index is 1.16. The maximum atomic E-state index is 2.46. The summed E-state index contributed by atoms with van der Waals surface area (Å²) in [6, 6.07) is 51.8. The number of benzene rings is 9. The third-order valence-corrected chi connectivity index (χ3v) is 9.26. The van der Waals surface area contributed by atoms with Gasteiger partial charge in [-0.05, 0) is 92.7 Å². The van der Waals surface area contributed by atoms with Gasteiger partial charge in [-0.15, -0.1) is 0 Å². The van der Waals surface area contributed by atoms with E-state index in [1.165, 1.54) is 81.4 Å². The topological polar surface area (TPSA) is 3.24 Å². The fraction of sp³-hybridized carbons (Fsp3) is 0.0476. The smallest absolute Gasteiger partial charge is 0.0619 e. The zero-order valence-electron chi connectivity index (χ0n) is 24.2. The molecule has 0 amide bonds. The van der Waals surface area contributed by atoms with Gasteiger partial charge < -0.3 is 4.90 Å². The van der Waals surface area contributed by atoms with Crippen LogP contribution in [0.3, 0.4) is 0 Å². The first-order chi connectivity index (χ1) is 21.2. The van der Waals surface area contributed by atoms with Gasteiger partial charge in [-0.3, -0.25) is 0 Å². The lowest BCUT2D eigenvalue weighted by Crippen LogP contribution is -2.11. The molecule has 9 aromatic rings. The maximum Gasteiger partial charge on any atom is 0.0619 e. The summed E-state index contributed by atoms with van der Waals surface area (Å²) in [5, 5.41) is 15.7. The summed E-state index contributed by atoms with van der Waals surface area (Å²) < 4.78 is 0. The third-order valence-electron chi connectivity index (χ3n) is 9.26. The van der Waals surface area contributed by atoms with E-state index in [1.54, 1.807) is 0 Å². The van der Waals surface area contributed by atoms with Crippen LogP contribution in [0.25, 0.3) is 64.6 Å². The van der Waals surface area contributed by atoms with Crippen molar-refractivity contribution < 1.29 is 0 Å². The second-order valence-electron chi connectivity index (χ2n) is 11.9. The number of rotatable bonds is 3. The van der Waals surface area contributed by atoms with Crippen molar-refractivity contribution in [3.8, 4) is 0 Å². The summed E-state index contributed by atoms with van der Waals surface area (Å²) >= 11 is 0. The molecule has 9 rings (SSSR count). The van der Waals surface area contributed by atoms with Crippen molar-refractivity contribution >= 4 is 81.7 Å². The molecule has 0 unspecified atom stereocenters. The molecule has 202 valence electrons. The summed E-state index contributed by atoms with van der Waals surface area (Å²) in [6.07, 6.45) is 0. The van der Waals surface area contributed by atoms with Crippen molar-refractivity contribution in [2.45, 2.75) is 13.8 Å². The molecule has 0 radical (unpaired) electrons. The highest BCUT2D eigenvalue weighted by Gasteiger charge is 2.24. The van der Waals surface area contributed by atoms with Crippen LogP contribution in [0.4, 0.5) is 17.1 Å². The van der Waals surface area contributed by atoms with E-state index in [-0.39, 0.29) is 0 Å². The number of hydrogen-bond acceptors (Lipinski definition) is 1. The van der Waals surface area contributed by atoms with Gasteiger partial charge in [0.1, 0.15) is 0 Å². The number of hydrogen-bond donors (Lipinski definition) is 0. The van der Waals surface area contributed by atoms with E-state index in [2.05, 4.69) is 158 Å². The SMILES string of the molecule is Cc1ccc(N(c2ccc(C)cc2)c2c3ccccc3c3c4cccc5cc6ccccc6c(c6cccc2c63)c54)cc1. The average Bonchev–Trinajstić information content (AvgIpc) is 3.05. The second-order valence-corrected chi connectivity index (χ2v) is 11.9. The van der Waals surface area contributed by atoms with E-state index < -0.39 is 0 Å². The highest BCUT2D eigenvalue weighted by molar-refractivity contribution is 6.43. The van der Waals surface area contributed by atoms with Gasteiger partial charge in [-0.1, -0.05) is 120 Å². The molecule has 0 spiro atoms. The third kappa shape index (κ3) is 3.46. The molecule has 0 saturated carbocycles. The van der Waals surface area contributed by atoms with Crippen LogP contribution in [0.5, 0.6) is 0 Å².